The fraction of sp³-hybridized carbons (Fsp3) is 0.273. The van der Waals surface area contributed by atoms with Crippen molar-refractivity contribution in [3.05, 3.63) is 35.5 Å². The lowest BCUT2D eigenvalue weighted by atomic mass is 10.0. The maximum Gasteiger partial charge on any atom is 0.225 e. The Hall–Kier alpha value is -2.64. The number of rotatable bonds is 2. The minimum atomic E-state index is 0.337. The minimum Gasteiger partial charge on any atom is -0.282 e. The smallest absolute Gasteiger partial charge is 0.225 e. The van der Waals surface area contributed by atoms with Gasteiger partial charge in [-0.2, -0.15) is 10.3 Å². The molecule has 0 saturated heterocycles. The topological polar surface area (TPSA) is 109 Å². The van der Waals surface area contributed by atoms with Crippen LogP contribution in [-0.2, 0) is 12.8 Å². The monoisotopic (exact) mass is 254 g/mol. The van der Waals surface area contributed by atoms with Crippen LogP contribution in [-0.4, -0.2) is 40.8 Å². The van der Waals surface area contributed by atoms with Gasteiger partial charge in [0.15, 0.2) is 0 Å². The molecule has 0 spiro atoms. The average molecular weight is 254 g/mol. The van der Waals surface area contributed by atoms with Gasteiger partial charge in [-0.3, -0.25) is 15.1 Å². The number of hydrogen-bond donors (Lipinski definition) is 2. The van der Waals surface area contributed by atoms with Crippen LogP contribution in [0.4, 0.5) is 0 Å². The molecule has 4 rings (SSSR count). The molecule has 3 aromatic heterocycles. The first kappa shape index (κ1) is 10.3. The van der Waals surface area contributed by atoms with Crippen LogP contribution in [0, 0.1) is 0 Å². The van der Waals surface area contributed by atoms with Gasteiger partial charge in [0.2, 0.25) is 5.82 Å². The Morgan fingerprint density at radius 1 is 1.16 bits per heavy atom. The second kappa shape index (κ2) is 3.94. The molecule has 0 amide bonds. The van der Waals surface area contributed by atoms with Gasteiger partial charge in [-0.15, -0.1) is 10.2 Å². The summed E-state index contributed by atoms with van der Waals surface area (Å²) in [5.41, 5.74) is 4.05. The molecule has 0 bridgehead atoms. The predicted octanol–water partition coefficient (Wildman–Crippen LogP) is 0.262. The van der Waals surface area contributed by atoms with Crippen molar-refractivity contribution in [3.8, 4) is 11.5 Å². The van der Waals surface area contributed by atoms with Gasteiger partial charge in [-0.25, -0.2) is 0 Å². The number of H-pyrrole nitrogens is 2. The van der Waals surface area contributed by atoms with E-state index < -0.39 is 0 Å². The molecule has 1 atom stereocenters. The zero-order valence-electron chi connectivity index (χ0n) is 9.91. The summed E-state index contributed by atoms with van der Waals surface area (Å²) in [5, 5.41) is 21.3. The molecule has 0 aliphatic heterocycles. The molecule has 8 nitrogen and oxygen atoms in total. The zero-order chi connectivity index (χ0) is 12.7. The van der Waals surface area contributed by atoms with E-state index in [9.17, 15) is 0 Å². The van der Waals surface area contributed by atoms with Crippen LogP contribution in [0.3, 0.4) is 0 Å². The van der Waals surface area contributed by atoms with Crippen molar-refractivity contribution in [1.82, 2.24) is 40.8 Å². The van der Waals surface area contributed by atoms with Crippen LogP contribution in [0.25, 0.3) is 11.5 Å². The van der Waals surface area contributed by atoms with E-state index >= 15 is 0 Å². The first-order valence-electron chi connectivity index (χ1n) is 5.97. The predicted molar refractivity (Wildman–Crippen MR) is 63.9 cm³/mol. The lowest BCUT2D eigenvalue weighted by Crippen LogP contribution is -2.02. The molecule has 1 aliphatic carbocycles. The van der Waals surface area contributed by atoms with Crippen LogP contribution < -0.4 is 0 Å². The number of nitrogens with one attached hydrogen (secondary N) is 2. The summed E-state index contributed by atoms with van der Waals surface area (Å²) >= 11 is 0. The van der Waals surface area contributed by atoms with Gasteiger partial charge in [0.1, 0.15) is 5.69 Å². The number of nitrogens with zero attached hydrogens (tertiary/aromatic N) is 6. The van der Waals surface area contributed by atoms with Crippen molar-refractivity contribution < 1.29 is 0 Å². The Bertz CT molecular complexity index is 687. The van der Waals surface area contributed by atoms with E-state index in [1.807, 2.05) is 6.20 Å². The number of fused-ring (bicyclic) bond motifs is 1. The molecule has 0 aromatic carbocycles. The molecule has 1 unspecified atom stereocenters. The fourth-order valence-corrected chi connectivity index (χ4v) is 2.53. The number of aromatic nitrogens is 8. The van der Waals surface area contributed by atoms with Crippen molar-refractivity contribution >= 4 is 0 Å². The Kier molecular flexibility index (Phi) is 2.13. The molecule has 3 heterocycles. The van der Waals surface area contributed by atoms with E-state index in [1.165, 1.54) is 0 Å². The summed E-state index contributed by atoms with van der Waals surface area (Å²) in [6.45, 7) is 0. The van der Waals surface area contributed by atoms with Crippen molar-refractivity contribution in [1.29, 1.82) is 0 Å². The Morgan fingerprint density at radius 2 is 2.16 bits per heavy atom. The summed E-state index contributed by atoms with van der Waals surface area (Å²) in [5.74, 6) is 0.862. The third kappa shape index (κ3) is 1.60. The highest BCUT2D eigenvalue weighted by Gasteiger charge is 2.30. The molecule has 19 heavy (non-hydrogen) atoms. The largest absolute Gasteiger partial charge is 0.282 e. The first-order valence-corrected chi connectivity index (χ1v) is 5.97. The second-order valence-corrected chi connectivity index (χ2v) is 4.50. The SMILES string of the molecule is c1cnc(C2Cc3[nH]nc(-c4nn[nH]n4)c3C2)cn1. The molecule has 0 saturated carbocycles. The molecule has 3 aromatic rings. The van der Waals surface area contributed by atoms with E-state index in [1.54, 1.807) is 12.4 Å². The van der Waals surface area contributed by atoms with Crippen LogP contribution >= 0.6 is 0 Å². The Labute approximate surface area is 107 Å². The van der Waals surface area contributed by atoms with Gasteiger partial charge in [0.05, 0.1) is 5.69 Å². The standard InChI is InChI=1S/C11H10N8/c1-2-13-9(5-12-1)6-3-7-8(4-6)14-15-10(7)11-16-18-19-17-11/h1-2,5-6H,3-4H2,(H,14,15)(H,16,17,18,19). The van der Waals surface area contributed by atoms with Crippen molar-refractivity contribution in [3.63, 3.8) is 0 Å². The molecular weight excluding hydrogens is 244 g/mol. The van der Waals surface area contributed by atoms with Gasteiger partial charge in [-0.05, 0) is 18.1 Å². The summed E-state index contributed by atoms with van der Waals surface area (Å²) in [7, 11) is 0. The first-order chi connectivity index (χ1) is 9.42. The summed E-state index contributed by atoms with van der Waals surface area (Å²) in [4.78, 5) is 8.49. The summed E-state index contributed by atoms with van der Waals surface area (Å²) in [6, 6.07) is 0. The highest BCUT2D eigenvalue weighted by molar-refractivity contribution is 5.57. The highest BCUT2D eigenvalue weighted by atomic mass is 15.5. The Balaban J connectivity index is 1.69. The average Bonchev–Trinajstić information content (AvgIpc) is 3.15. The molecule has 8 heteroatoms. The van der Waals surface area contributed by atoms with Gasteiger partial charge in [-0.1, -0.05) is 0 Å². The van der Waals surface area contributed by atoms with E-state index in [4.69, 9.17) is 0 Å². The maximum absolute atomic E-state index is 4.37. The molecule has 94 valence electrons. The van der Waals surface area contributed by atoms with Crippen molar-refractivity contribution in [2.24, 2.45) is 0 Å². The minimum absolute atomic E-state index is 0.337. The van der Waals surface area contributed by atoms with Crippen molar-refractivity contribution in [2.75, 3.05) is 0 Å². The van der Waals surface area contributed by atoms with E-state index in [-0.39, 0.29) is 0 Å². The van der Waals surface area contributed by atoms with Crippen LogP contribution in [0.15, 0.2) is 18.6 Å². The number of aromatic amines is 2. The molecular formula is C11H10N8. The van der Waals surface area contributed by atoms with Gasteiger partial charge >= 0.3 is 0 Å². The molecule has 0 fully saturated rings. The maximum atomic E-state index is 4.37. The summed E-state index contributed by atoms with van der Waals surface area (Å²) in [6.07, 6.45) is 6.98. The van der Waals surface area contributed by atoms with Crippen LogP contribution in [0.1, 0.15) is 22.9 Å². The second-order valence-electron chi connectivity index (χ2n) is 4.50. The van der Waals surface area contributed by atoms with Gasteiger partial charge in [0, 0.05) is 35.8 Å². The Morgan fingerprint density at radius 3 is 2.95 bits per heavy atom. The normalized spacial score (nSPS) is 17.6. The van der Waals surface area contributed by atoms with E-state index in [2.05, 4.69) is 40.8 Å². The summed E-state index contributed by atoms with van der Waals surface area (Å²) < 4.78 is 0. The van der Waals surface area contributed by atoms with Crippen molar-refractivity contribution in [2.45, 2.75) is 18.8 Å². The van der Waals surface area contributed by atoms with Gasteiger partial charge in [0.25, 0.3) is 0 Å². The third-order valence-corrected chi connectivity index (χ3v) is 3.41. The zero-order valence-corrected chi connectivity index (χ0v) is 9.91. The third-order valence-electron chi connectivity index (χ3n) is 3.41. The quantitative estimate of drug-likeness (QED) is 0.679. The highest BCUT2D eigenvalue weighted by Crippen LogP contribution is 2.35. The molecule has 1 aliphatic rings. The van der Waals surface area contributed by atoms with E-state index in [0.717, 1.165) is 35.5 Å². The molecule has 0 radical (unpaired) electrons. The van der Waals surface area contributed by atoms with Crippen LogP contribution in [0.5, 0.6) is 0 Å². The lowest BCUT2D eigenvalue weighted by Gasteiger charge is -2.06. The number of hydrogen-bond acceptors (Lipinski definition) is 6. The lowest BCUT2D eigenvalue weighted by molar-refractivity contribution is 0.694. The van der Waals surface area contributed by atoms with Gasteiger partial charge < -0.3 is 0 Å². The van der Waals surface area contributed by atoms with Crippen LogP contribution in [0.2, 0.25) is 0 Å². The fourth-order valence-electron chi connectivity index (χ4n) is 2.53. The van der Waals surface area contributed by atoms with E-state index in [0.29, 0.717) is 11.7 Å². The molecule has 2 N–H and O–H groups in total. The number of tetrazole rings is 1.